The molecule has 0 N–H and O–H groups in total. The van der Waals surface area contributed by atoms with Crippen LogP contribution in [0.15, 0.2) is 152 Å². The van der Waals surface area contributed by atoms with Gasteiger partial charge in [0, 0.05) is 16.7 Å². The molecule has 3 aromatic carbocycles. The van der Waals surface area contributed by atoms with Crippen LogP contribution < -0.4 is 0 Å². The Hall–Kier alpha value is -5.81. The lowest BCUT2D eigenvalue weighted by Gasteiger charge is -2.17. The summed E-state index contributed by atoms with van der Waals surface area (Å²) in [5.74, 6) is -0.0403. The molecule has 0 radical (unpaired) electrons. The second kappa shape index (κ2) is 11.4. The molecule has 238 valence electrons. The van der Waals surface area contributed by atoms with Gasteiger partial charge in [0.2, 0.25) is 0 Å². The predicted octanol–water partition coefficient (Wildman–Crippen LogP) is 9.43. The van der Waals surface area contributed by atoms with Gasteiger partial charge < -0.3 is 0 Å². The van der Waals surface area contributed by atoms with Gasteiger partial charge in [-0.2, -0.15) is 0 Å². The number of nitrogens with zero attached hydrogens (tertiary/aromatic N) is 4. The van der Waals surface area contributed by atoms with Gasteiger partial charge in [-0.1, -0.05) is 77.9 Å². The summed E-state index contributed by atoms with van der Waals surface area (Å²) in [5, 5.41) is 0. The Kier molecular flexibility index (Phi) is 7.11. The van der Waals surface area contributed by atoms with Crippen LogP contribution in [-0.2, 0) is 4.79 Å². The molecule has 0 amide bonds. The topological polar surface area (TPSA) is 66.5 Å². The summed E-state index contributed by atoms with van der Waals surface area (Å²) < 4.78 is 0. The van der Waals surface area contributed by atoms with E-state index in [0.717, 1.165) is 73.1 Å². The fourth-order valence-corrected chi connectivity index (χ4v) is 7.24. The summed E-state index contributed by atoms with van der Waals surface area (Å²) >= 11 is 0. The molecule has 0 aromatic heterocycles. The smallest absolute Gasteiger partial charge is 0.193 e. The van der Waals surface area contributed by atoms with Crippen LogP contribution in [0.4, 0.5) is 0 Å². The zero-order valence-electron chi connectivity index (χ0n) is 28.6. The average Bonchev–Trinajstić information content (AvgIpc) is 3.88. The Balaban J connectivity index is 1.48. The number of rotatable bonds is 3. The van der Waals surface area contributed by atoms with Gasteiger partial charge in [-0.15, -0.1) is 0 Å². The van der Waals surface area contributed by atoms with E-state index in [0.29, 0.717) is 17.1 Å². The van der Waals surface area contributed by atoms with E-state index in [2.05, 4.69) is 82.3 Å². The van der Waals surface area contributed by atoms with Crippen LogP contribution in [0.3, 0.4) is 0 Å². The Morgan fingerprint density at radius 3 is 1.80 bits per heavy atom. The van der Waals surface area contributed by atoms with Crippen molar-refractivity contribution in [3.63, 3.8) is 0 Å². The van der Waals surface area contributed by atoms with Gasteiger partial charge in [-0.3, -0.25) is 4.79 Å². The van der Waals surface area contributed by atoms with Gasteiger partial charge in [-0.25, -0.2) is 20.0 Å². The quantitative estimate of drug-likeness (QED) is 0.282. The number of aryl methyl sites for hydroxylation is 4. The molecule has 8 rings (SSSR count). The minimum absolute atomic E-state index is 0.0403. The minimum Gasteiger partial charge on any atom is -0.291 e. The monoisotopic (exact) mass is 636 g/mol. The van der Waals surface area contributed by atoms with E-state index in [1.165, 1.54) is 11.1 Å². The number of carbonyl (C=O) groups is 1. The molecule has 0 unspecified atom stereocenters. The van der Waals surface area contributed by atoms with Crippen molar-refractivity contribution in [2.45, 2.75) is 41.5 Å². The lowest BCUT2D eigenvalue weighted by atomic mass is 9.82. The number of benzene rings is 3. The van der Waals surface area contributed by atoms with E-state index >= 15 is 0 Å². The van der Waals surface area contributed by atoms with E-state index < -0.39 is 5.41 Å². The highest BCUT2D eigenvalue weighted by atomic mass is 16.1. The predicted molar refractivity (Wildman–Crippen MR) is 203 cm³/mol. The molecule has 8 bridgehead atoms. The maximum Gasteiger partial charge on any atom is 0.193 e. The fourth-order valence-electron chi connectivity index (χ4n) is 7.24. The number of fused-ring (bicyclic) bond motifs is 4. The Bertz CT molecular complexity index is 2340. The number of hydrogen-bond donors (Lipinski definition) is 0. The molecule has 0 aliphatic carbocycles. The second-order valence-corrected chi connectivity index (χ2v) is 13.8. The first-order valence-electron chi connectivity index (χ1n) is 16.7. The van der Waals surface area contributed by atoms with E-state index in [-0.39, 0.29) is 5.78 Å². The lowest BCUT2D eigenvalue weighted by molar-refractivity contribution is -0.119. The molecule has 5 aliphatic rings. The SMILES string of the molecule is Cc1ccc(C2=C3C=CC(=N3)C(c3c(C)cc(C)cc3C)=C3C=CC(=N3)C(c3ccccc3)=C3N=C(C=C4C=CC2=N4)C(C)(C)C3=O)cc1. The van der Waals surface area contributed by atoms with Crippen molar-refractivity contribution in [1.82, 2.24) is 0 Å². The third kappa shape index (κ3) is 5.14. The van der Waals surface area contributed by atoms with Gasteiger partial charge in [0.05, 0.1) is 45.4 Å². The molecule has 0 fully saturated rings. The Labute approximate surface area is 287 Å². The summed E-state index contributed by atoms with van der Waals surface area (Å²) in [4.78, 5) is 35.1. The average molecular weight is 637 g/mol. The molecule has 0 atom stereocenters. The van der Waals surface area contributed by atoms with Crippen LogP contribution in [0.2, 0.25) is 0 Å². The number of Topliss-reactive ketones (excluding diaryl/α,β-unsaturated/α-hetero) is 1. The molecule has 49 heavy (non-hydrogen) atoms. The minimum atomic E-state index is -0.851. The van der Waals surface area contributed by atoms with Gasteiger partial charge >= 0.3 is 0 Å². The zero-order valence-corrected chi connectivity index (χ0v) is 28.6. The van der Waals surface area contributed by atoms with Gasteiger partial charge in [-0.05, 0) is 112 Å². The number of ketones is 1. The Morgan fingerprint density at radius 2 is 1.12 bits per heavy atom. The van der Waals surface area contributed by atoms with Crippen LogP contribution in [0.5, 0.6) is 0 Å². The summed E-state index contributed by atoms with van der Waals surface area (Å²) in [7, 11) is 0. The maximum absolute atomic E-state index is 14.3. The molecule has 3 aromatic rings. The molecule has 5 nitrogen and oxygen atoms in total. The Morgan fingerprint density at radius 1 is 0.551 bits per heavy atom. The van der Waals surface area contributed by atoms with Crippen LogP contribution in [0.25, 0.3) is 16.7 Å². The number of aliphatic imine (C=N–C) groups is 4. The molecular formula is C44H36N4O. The molecule has 5 aliphatic heterocycles. The number of carbonyl (C=O) groups excluding carboxylic acids is 1. The van der Waals surface area contributed by atoms with Gasteiger partial charge in [0.25, 0.3) is 0 Å². The van der Waals surface area contributed by atoms with Crippen LogP contribution in [-0.4, -0.2) is 28.6 Å². The van der Waals surface area contributed by atoms with Crippen molar-refractivity contribution >= 4 is 45.3 Å². The van der Waals surface area contributed by atoms with Crippen molar-refractivity contribution in [3.05, 3.63) is 171 Å². The first kappa shape index (κ1) is 30.5. The fraction of sp³-hybridized carbons (Fsp3) is 0.159. The van der Waals surface area contributed by atoms with Crippen molar-refractivity contribution in [2.75, 3.05) is 0 Å². The van der Waals surface area contributed by atoms with Gasteiger partial charge in [0.15, 0.2) is 5.78 Å². The highest BCUT2D eigenvalue weighted by Crippen LogP contribution is 2.41. The summed E-state index contributed by atoms with van der Waals surface area (Å²) in [6.45, 7) is 12.4. The third-order valence-electron chi connectivity index (χ3n) is 9.73. The van der Waals surface area contributed by atoms with Crippen LogP contribution in [0, 0.1) is 33.1 Å². The van der Waals surface area contributed by atoms with E-state index in [1.807, 2.05) is 68.5 Å². The third-order valence-corrected chi connectivity index (χ3v) is 9.73. The second-order valence-electron chi connectivity index (χ2n) is 13.8. The molecule has 5 heteroatoms. The molecule has 0 spiro atoms. The number of allylic oxidation sites excluding steroid dienone is 11. The van der Waals surface area contributed by atoms with E-state index in [9.17, 15) is 4.79 Å². The molecule has 0 saturated heterocycles. The standard InChI is InChI=1S/C44H36N4O/c1-25-12-14-30(15-13-25)39-32-17-16-31(45-32)24-37-44(5,6)43(49)42(48-37)40(29-10-8-7-9-11-29)34-19-21-36(47-34)41(35-20-18-33(39)46-35)38-27(3)22-26(2)23-28(38)4/h7-24H,1-6H3. The zero-order chi connectivity index (χ0) is 34.0. The highest BCUT2D eigenvalue weighted by molar-refractivity contribution is 6.40. The van der Waals surface area contributed by atoms with Crippen molar-refractivity contribution in [1.29, 1.82) is 0 Å². The van der Waals surface area contributed by atoms with Crippen molar-refractivity contribution < 1.29 is 4.79 Å². The van der Waals surface area contributed by atoms with Crippen molar-refractivity contribution in [3.8, 4) is 0 Å². The van der Waals surface area contributed by atoms with Crippen LogP contribution in [0.1, 0.15) is 52.8 Å². The maximum atomic E-state index is 14.3. The summed E-state index contributed by atoms with van der Waals surface area (Å²) in [5.41, 5.74) is 15.3. The van der Waals surface area contributed by atoms with Gasteiger partial charge in [0.1, 0.15) is 5.70 Å². The first-order valence-corrected chi connectivity index (χ1v) is 16.7. The largest absolute Gasteiger partial charge is 0.291 e. The number of hydrogen-bond acceptors (Lipinski definition) is 5. The highest BCUT2D eigenvalue weighted by Gasteiger charge is 2.43. The summed E-state index contributed by atoms with van der Waals surface area (Å²) in [6, 6.07) is 22.9. The van der Waals surface area contributed by atoms with Crippen molar-refractivity contribution in [2.24, 2.45) is 25.4 Å². The molecular weight excluding hydrogens is 601 g/mol. The lowest BCUT2D eigenvalue weighted by Crippen LogP contribution is -2.27. The van der Waals surface area contributed by atoms with E-state index in [4.69, 9.17) is 20.0 Å². The molecule has 5 heterocycles. The van der Waals surface area contributed by atoms with Crippen LogP contribution >= 0.6 is 0 Å². The first-order chi connectivity index (χ1) is 23.6. The summed E-state index contributed by atoms with van der Waals surface area (Å²) in [6.07, 6.45) is 14.2. The normalized spacial score (nSPS) is 19.1. The molecule has 0 saturated carbocycles. The van der Waals surface area contributed by atoms with E-state index in [1.54, 1.807) is 0 Å².